The van der Waals surface area contributed by atoms with Gasteiger partial charge >= 0.3 is 18.0 Å². The average Bonchev–Trinajstić information content (AvgIpc) is 3.25. The monoisotopic (exact) mass is 542 g/mol. The zero-order valence-electron chi connectivity index (χ0n) is 17.6. The number of carbonyl (C=O) groups is 1. The number of alkyl halides is 7. The highest BCUT2D eigenvalue weighted by atomic mass is 35.5. The Morgan fingerprint density at radius 1 is 0.971 bits per heavy atom. The third-order valence-corrected chi connectivity index (χ3v) is 6.07. The molecule has 0 spiro atoms. The van der Waals surface area contributed by atoms with Gasteiger partial charge in [-0.25, -0.2) is 9.07 Å². The summed E-state index contributed by atoms with van der Waals surface area (Å²) in [6, 6.07) is 2.17. The number of nitrogens with one attached hydrogen (secondary N) is 1. The van der Waals surface area contributed by atoms with Gasteiger partial charge in [0.15, 0.2) is 0 Å². The van der Waals surface area contributed by atoms with E-state index >= 15 is 0 Å². The van der Waals surface area contributed by atoms with Gasteiger partial charge in [-0.2, -0.15) is 31.4 Å². The van der Waals surface area contributed by atoms with Crippen molar-refractivity contribution in [2.45, 2.75) is 36.9 Å². The molecule has 35 heavy (non-hydrogen) atoms. The Kier molecular flexibility index (Phi) is 6.12. The van der Waals surface area contributed by atoms with Crippen molar-refractivity contribution in [2.24, 2.45) is 7.05 Å². The highest BCUT2D eigenvalue weighted by Crippen LogP contribution is 2.54. The molecule has 1 aromatic carbocycles. The van der Waals surface area contributed by atoms with Gasteiger partial charge in [-0.1, -0.05) is 23.2 Å². The lowest BCUT2D eigenvalue weighted by Crippen LogP contribution is -2.50. The van der Waals surface area contributed by atoms with E-state index in [4.69, 9.17) is 23.2 Å². The lowest BCUT2D eigenvalue weighted by molar-refractivity contribution is -0.348. The first kappa shape index (κ1) is 25.4. The van der Waals surface area contributed by atoms with Gasteiger partial charge in [0.05, 0.1) is 16.2 Å². The minimum Gasteiger partial charge on any atom is -0.348 e. The Morgan fingerprint density at radius 2 is 1.54 bits per heavy atom. The van der Waals surface area contributed by atoms with E-state index in [1.54, 1.807) is 23.9 Å². The average molecular weight is 543 g/mol. The van der Waals surface area contributed by atoms with E-state index < -0.39 is 33.6 Å². The molecule has 0 saturated heterocycles. The van der Waals surface area contributed by atoms with Crippen LogP contribution in [0.3, 0.4) is 0 Å². The lowest BCUT2D eigenvalue weighted by Gasteiger charge is -2.30. The summed E-state index contributed by atoms with van der Waals surface area (Å²) < 4.78 is 95.6. The molecule has 0 radical (unpaired) electrons. The molecule has 14 heteroatoms. The van der Waals surface area contributed by atoms with Gasteiger partial charge in [0.2, 0.25) is 0 Å². The molecule has 0 atom stereocenters. The molecule has 4 rings (SSSR count). The summed E-state index contributed by atoms with van der Waals surface area (Å²) in [6.07, 6.45) is -6.47. The predicted octanol–water partition coefficient (Wildman–Crippen LogP) is 6.37. The van der Waals surface area contributed by atoms with E-state index in [1.807, 2.05) is 0 Å². The molecule has 188 valence electrons. The number of amides is 1. The molecular formula is C21H15Cl2F7N4O. The van der Waals surface area contributed by atoms with E-state index in [0.717, 1.165) is 17.5 Å². The van der Waals surface area contributed by atoms with Crippen molar-refractivity contribution in [1.29, 1.82) is 0 Å². The van der Waals surface area contributed by atoms with Gasteiger partial charge in [0.1, 0.15) is 11.4 Å². The maximum Gasteiger partial charge on any atom is 0.435 e. The molecule has 1 fully saturated rings. The minimum atomic E-state index is -6.31. The van der Waals surface area contributed by atoms with E-state index in [0.29, 0.717) is 16.8 Å². The van der Waals surface area contributed by atoms with E-state index in [9.17, 15) is 35.5 Å². The van der Waals surface area contributed by atoms with Crippen LogP contribution in [0.4, 0.5) is 30.7 Å². The topological polar surface area (TPSA) is 51.9 Å². The molecule has 1 N–H and O–H groups in total. The molecule has 0 bridgehead atoms. The van der Waals surface area contributed by atoms with Crippen LogP contribution in [0.2, 0.25) is 10.0 Å². The minimum absolute atomic E-state index is 0.147. The van der Waals surface area contributed by atoms with Gasteiger partial charge in [-0.15, -0.1) is 0 Å². The molecule has 1 saturated carbocycles. The number of aryl methyl sites for hydroxylation is 1. The first-order valence-corrected chi connectivity index (χ1v) is 10.7. The fourth-order valence-electron chi connectivity index (χ4n) is 3.50. The lowest BCUT2D eigenvalue weighted by atomic mass is 9.94. The molecule has 2 aromatic heterocycles. The second kappa shape index (κ2) is 8.44. The van der Waals surface area contributed by atoms with Crippen LogP contribution < -0.4 is 5.32 Å². The summed E-state index contributed by atoms with van der Waals surface area (Å²) in [5, 5.41) is 5.50. The zero-order chi connectivity index (χ0) is 25.9. The second-order valence-corrected chi connectivity index (χ2v) is 8.90. The predicted molar refractivity (Wildman–Crippen MR) is 113 cm³/mol. The Bertz CT molecular complexity index is 1250. The Balaban J connectivity index is 1.69. The maximum absolute atomic E-state index is 14.4. The van der Waals surface area contributed by atoms with Crippen molar-refractivity contribution in [3.8, 4) is 16.8 Å². The fourth-order valence-corrected chi connectivity index (χ4v) is 4.16. The Morgan fingerprint density at radius 3 is 2.06 bits per heavy atom. The summed E-state index contributed by atoms with van der Waals surface area (Å²) in [7, 11) is 1.66. The van der Waals surface area contributed by atoms with Crippen LogP contribution in [0, 0.1) is 0 Å². The number of hydrogen-bond donors (Lipinski definition) is 1. The standard InChI is InChI=1S/C21H15Cl2F7N4O/c1-33-8-10(4-16(33)18(35)32-13-2-3-13)11-7-31-34(9-11)17-14(22)5-12(6-15(17)23)19(24,20(25,26)27)21(28,29)30/h4-9,13H,2-3H2,1H3,(H,32,35). The van der Waals surface area contributed by atoms with Crippen molar-refractivity contribution < 1.29 is 35.5 Å². The largest absolute Gasteiger partial charge is 0.435 e. The number of halogens is 9. The van der Waals surface area contributed by atoms with Gasteiger partial charge < -0.3 is 9.88 Å². The van der Waals surface area contributed by atoms with Gasteiger partial charge in [0, 0.05) is 42.2 Å². The number of benzene rings is 1. The SMILES string of the molecule is Cn1cc(-c2cnn(-c3c(Cl)cc(C(F)(C(F)(F)F)C(F)(F)F)cc3Cl)c2)cc1C(=O)NC1CC1. The number of nitrogens with zero attached hydrogens (tertiary/aromatic N) is 3. The molecule has 0 aliphatic heterocycles. The molecule has 1 amide bonds. The van der Waals surface area contributed by atoms with Gasteiger partial charge in [0.25, 0.3) is 5.91 Å². The van der Waals surface area contributed by atoms with E-state index in [2.05, 4.69) is 10.4 Å². The van der Waals surface area contributed by atoms with E-state index in [-0.39, 0.29) is 29.8 Å². The van der Waals surface area contributed by atoms with E-state index in [1.165, 1.54) is 12.4 Å². The fraction of sp³-hybridized carbons (Fsp3) is 0.333. The van der Waals surface area contributed by atoms with Gasteiger partial charge in [-0.05, 0) is 31.0 Å². The molecule has 1 aliphatic rings. The first-order chi connectivity index (χ1) is 16.1. The zero-order valence-corrected chi connectivity index (χ0v) is 19.1. The van der Waals surface area contributed by atoms with Crippen molar-refractivity contribution in [3.63, 3.8) is 0 Å². The van der Waals surface area contributed by atoms with Crippen LogP contribution in [-0.2, 0) is 12.7 Å². The molecule has 2 heterocycles. The summed E-state index contributed by atoms with van der Waals surface area (Å²) in [6.45, 7) is 0. The van der Waals surface area contributed by atoms with Crippen molar-refractivity contribution in [3.05, 3.63) is 58.1 Å². The van der Waals surface area contributed by atoms with Crippen molar-refractivity contribution in [1.82, 2.24) is 19.7 Å². The van der Waals surface area contributed by atoms with Crippen LogP contribution in [-0.4, -0.2) is 38.6 Å². The molecule has 1 aliphatic carbocycles. The van der Waals surface area contributed by atoms with Gasteiger partial charge in [-0.3, -0.25) is 4.79 Å². The number of carbonyl (C=O) groups excluding carboxylic acids is 1. The summed E-state index contributed by atoms with van der Waals surface area (Å²) in [5.41, 5.74) is -6.36. The van der Waals surface area contributed by atoms with Crippen LogP contribution in [0.15, 0.2) is 36.8 Å². The number of rotatable bonds is 5. The molecular weight excluding hydrogens is 528 g/mol. The highest BCUT2D eigenvalue weighted by Gasteiger charge is 2.73. The quantitative estimate of drug-likeness (QED) is 0.381. The maximum atomic E-state index is 14.4. The third kappa shape index (κ3) is 4.49. The summed E-state index contributed by atoms with van der Waals surface area (Å²) >= 11 is 11.9. The first-order valence-electron chi connectivity index (χ1n) is 9.98. The second-order valence-electron chi connectivity index (χ2n) is 8.09. The summed E-state index contributed by atoms with van der Waals surface area (Å²) in [4.78, 5) is 12.4. The summed E-state index contributed by atoms with van der Waals surface area (Å²) in [5.74, 6) is -0.264. The molecule has 0 unspecified atom stereocenters. The highest BCUT2D eigenvalue weighted by molar-refractivity contribution is 6.37. The number of hydrogen-bond acceptors (Lipinski definition) is 2. The Hall–Kier alpha value is -2.73. The Labute approximate surface area is 203 Å². The van der Waals surface area contributed by atoms with Crippen LogP contribution in [0.25, 0.3) is 16.8 Å². The van der Waals surface area contributed by atoms with Crippen molar-refractivity contribution in [2.75, 3.05) is 0 Å². The molecule has 3 aromatic rings. The number of aromatic nitrogens is 3. The molecule has 5 nitrogen and oxygen atoms in total. The smallest absolute Gasteiger partial charge is 0.348 e. The van der Waals surface area contributed by atoms with Crippen LogP contribution >= 0.6 is 23.2 Å². The normalized spacial score (nSPS) is 14.9. The van der Waals surface area contributed by atoms with Crippen LogP contribution in [0.5, 0.6) is 0 Å². The van der Waals surface area contributed by atoms with Crippen LogP contribution in [0.1, 0.15) is 28.9 Å². The third-order valence-electron chi connectivity index (χ3n) is 5.49. The van der Waals surface area contributed by atoms with Crippen molar-refractivity contribution >= 4 is 29.1 Å².